The number of aromatic hydroxyl groups is 3. The quantitative estimate of drug-likeness (QED) is 0.165. The fourth-order valence-electron chi connectivity index (χ4n) is 17.1. The van der Waals surface area contributed by atoms with Gasteiger partial charge in [0.25, 0.3) is 0 Å². The molecule has 0 radical (unpaired) electrons. The Labute approximate surface area is 486 Å². The van der Waals surface area contributed by atoms with Gasteiger partial charge in [-0.25, -0.2) is 0 Å². The second kappa shape index (κ2) is 16.0. The van der Waals surface area contributed by atoms with Gasteiger partial charge in [0.1, 0.15) is 17.2 Å². The van der Waals surface area contributed by atoms with E-state index in [0.29, 0.717) is 0 Å². The summed E-state index contributed by atoms with van der Waals surface area (Å²) in [5, 5.41) is 34.1. The average molecular weight is 1070 g/mol. The maximum Gasteiger partial charge on any atom is 0.115 e. The van der Waals surface area contributed by atoms with Crippen molar-refractivity contribution in [1.29, 1.82) is 0 Å². The van der Waals surface area contributed by atoms with E-state index in [1.807, 2.05) is 36.4 Å². The summed E-state index contributed by atoms with van der Waals surface area (Å²) in [6.45, 7) is 0. The highest BCUT2D eigenvalue weighted by atomic mass is 16.3. The normalized spacial score (nSPS) is 18.3. The zero-order valence-electron chi connectivity index (χ0n) is 45.3. The van der Waals surface area contributed by atoms with Crippen molar-refractivity contribution >= 4 is 0 Å². The van der Waals surface area contributed by atoms with E-state index < -0.39 is 16.2 Å². The van der Waals surface area contributed by atoms with Crippen LogP contribution < -0.4 is 0 Å². The number of hydrogen-bond acceptors (Lipinski definition) is 3. The van der Waals surface area contributed by atoms with Crippen LogP contribution in [0.4, 0.5) is 0 Å². The molecule has 390 valence electrons. The summed E-state index contributed by atoms with van der Waals surface area (Å²) < 4.78 is 0. The van der Waals surface area contributed by atoms with E-state index >= 15 is 0 Å². The Morgan fingerprint density at radius 3 is 0.690 bits per heavy atom. The summed E-state index contributed by atoms with van der Waals surface area (Å²) in [5.74, 6) is 0.753. The van der Waals surface area contributed by atoms with Crippen molar-refractivity contribution < 1.29 is 15.3 Å². The SMILES string of the molecule is Oc1ccc2c(c1)C1(c3ccccc3-2)c2ccccc2-c2ccc(-c3ccc(-c4ccc5c(c4)C4(c6ccccc6-c6ccc(O)cc64)c4ccccc4-5)c(-c4ccc5c(c4)C4(c6ccccc6-c6ccc(O)cc64)c4ccccc4-5)c3)cc21. The maximum atomic E-state index is 11.4. The molecule has 3 nitrogen and oxygen atoms in total. The van der Waals surface area contributed by atoms with Gasteiger partial charge in [0.2, 0.25) is 0 Å². The Bertz CT molecular complexity index is 5120. The standard InChI is InChI=1S/C81H48O3/c82-50-29-36-63-57-16-4-10-22-70(57)79(76(63)43-50)67-19-7-1-13-54(67)60-33-26-47(40-73(60)79)46-25-32-53(48-27-34-61-55-14-2-8-20-68(55)80(74(61)41-48)71-23-11-5-17-58(71)64-37-30-51(83)44-77(64)80)66(39-46)49-28-35-62-56-15-3-9-21-69(56)81(75(62)42-49)72-24-12-6-18-59(72)65-38-31-52(84)45-78(65)81/h1-45,82-84H. The van der Waals surface area contributed by atoms with E-state index in [0.717, 1.165) is 66.8 Å². The predicted octanol–water partition coefficient (Wildman–Crippen LogP) is 18.8. The van der Waals surface area contributed by atoms with E-state index in [1.165, 1.54) is 100 Å². The van der Waals surface area contributed by atoms with Crippen molar-refractivity contribution in [2.24, 2.45) is 0 Å². The molecule has 13 aromatic rings. The molecule has 19 rings (SSSR count). The molecule has 6 aliphatic carbocycles. The van der Waals surface area contributed by atoms with Gasteiger partial charge in [0.05, 0.1) is 16.2 Å². The Kier molecular flexibility index (Phi) is 8.77. The molecule has 3 unspecified atom stereocenters. The number of hydrogen-bond donors (Lipinski definition) is 3. The minimum absolute atomic E-state index is 0.248. The summed E-state index contributed by atoms with van der Waals surface area (Å²) >= 11 is 0. The van der Waals surface area contributed by atoms with Gasteiger partial charge >= 0.3 is 0 Å². The van der Waals surface area contributed by atoms with Crippen LogP contribution >= 0.6 is 0 Å². The van der Waals surface area contributed by atoms with Gasteiger partial charge in [0.15, 0.2) is 0 Å². The first kappa shape index (κ1) is 45.9. The third-order valence-electron chi connectivity index (χ3n) is 20.2. The molecule has 6 aliphatic rings. The minimum Gasteiger partial charge on any atom is -0.508 e. The zero-order chi connectivity index (χ0) is 55.4. The number of phenolic OH excluding ortho intramolecular Hbond substituents is 3. The Morgan fingerprint density at radius 1 is 0.155 bits per heavy atom. The van der Waals surface area contributed by atoms with Crippen LogP contribution in [0.25, 0.3) is 100 Å². The minimum atomic E-state index is -0.684. The first-order valence-electron chi connectivity index (χ1n) is 29.1. The molecule has 0 aliphatic heterocycles. The van der Waals surface area contributed by atoms with Gasteiger partial charge in [-0.15, -0.1) is 0 Å². The lowest BCUT2D eigenvalue weighted by atomic mass is 9.69. The van der Waals surface area contributed by atoms with Crippen LogP contribution in [0.3, 0.4) is 0 Å². The van der Waals surface area contributed by atoms with Gasteiger partial charge in [-0.2, -0.15) is 0 Å². The molecule has 0 aromatic heterocycles. The van der Waals surface area contributed by atoms with Crippen molar-refractivity contribution in [2.75, 3.05) is 0 Å². The first-order chi connectivity index (χ1) is 41.4. The molecular formula is C81H48O3. The van der Waals surface area contributed by atoms with Crippen molar-refractivity contribution in [3.63, 3.8) is 0 Å². The van der Waals surface area contributed by atoms with Gasteiger partial charge in [0, 0.05) is 0 Å². The average Bonchev–Trinajstić information content (AvgIpc) is 1.66. The molecule has 0 amide bonds. The predicted molar refractivity (Wildman–Crippen MR) is 337 cm³/mol. The van der Waals surface area contributed by atoms with Crippen LogP contribution in [-0.2, 0) is 16.2 Å². The van der Waals surface area contributed by atoms with Crippen molar-refractivity contribution in [1.82, 2.24) is 0 Å². The fraction of sp³-hybridized carbons (Fsp3) is 0.0370. The van der Waals surface area contributed by atoms with E-state index in [-0.39, 0.29) is 17.2 Å². The van der Waals surface area contributed by atoms with Gasteiger partial charge in [-0.1, -0.05) is 212 Å². The lowest BCUT2D eigenvalue weighted by Gasteiger charge is -2.31. The molecule has 0 heterocycles. The highest BCUT2D eigenvalue weighted by Crippen LogP contribution is 2.67. The summed E-state index contributed by atoms with van der Waals surface area (Å²) in [6.07, 6.45) is 0. The molecule has 3 spiro atoms. The topological polar surface area (TPSA) is 60.7 Å². The zero-order valence-corrected chi connectivity index (χ0v) is 45.3. The van der Waals surface area contributed by atoms with E-state index in [1.54, 1.807) is 0 Å². The molecule has 3 N–H and O–H groups in total. The largest absolute Gasteiger partial charge is 0.508 e. The molecule has 0 fully saturated rings. The summed E-state index contributed by atoms with van der Waals surface area (Å²) in [4.78, 5) is 0. The number of rotatable bonds is 3. The van der Waals surface area contributed by atoms with Crippen LogP contribution in [0.5, 0.6) is 17.2 Å². The molecule has 3 atom stereocenters. The summed E-state index contributed by atoms with van der Waals surface area (Å²) in [6, 6.07) is 99.0. The third kappa shape index (κ3) is 5.44. The second-order valence-electron chi connectivity index (χ2n) is 23.8. The molecule has 0 saturated carbocycles. The van der Waals surface area contributed by atoms with Gasteiger partial charge in [-0.05, 0) is 228 Å². The second-order valence-corrected chi connectivity index (χ2v) is 23.8. The molecule has 0 saturated heterocycles. The summed E-state index contributed by atoms with van der Waals surface area (Å²) in [7, 11) is 0. The van der Waals surface area contributed by atoms with Crippen molar-refractivity contribution in [3.8, 4) is 117 Å². The highest BCUT2D eigenvalue weighted by Gasteiger charge is 2.55. The highest BCUT2D eigenvalue weighted by molar-refractivity contribution is 6.01. The van der Waals surface area contributed by atoms with Gasteiger partial charge in [-0.3, -0.25) is 0 Å². The smallest absolute Gasteiger partial charge is 0.115 e. The lowest BCUT2D eigenvalue weighted by Crippen LogP contribution is -2.26. The summed E-state index contributed by atoms with van der Waals surface area (Å²) in [5.41, 5.74) is 32.9. The van der Waals surface area contributed by atoms with Gasteiger partial charge < -0.3 is 15.3 Å². The van der Waals surface area contributed by atoms with Crippen LogP contribution in [0.1, 0.15) is 66.8 Å². The fourth-order valence-corrected chi connectivity index (χ4v) is 17.1. The lowest BCUT2D eigenvalue weighted by molar-refractivity contribution is 0.473. The van der Waals surface area contributed by atoms with Crippen LogP contribution in [0, 0.1) is 0 Å². The Balaban J connectivity index is 0.874. The number of fused-ring (bicyclic) bond motifs is 30. The monoisotopic (exact) mass is 1070 g/mol. The molecule has 13 aromatic carbocycles. The van der Waals surface area contributed by atoms with E-state index in [4.69, 9.17) is 0 Å². The number of phenols is 3. The third-order valence-corrected chi connectivity index (χ3v) is 20.2. The number of benzene rings is 13. The molecule has 3 heteroatoms. The maximum absolute atomic E-state index is 11.4. The van der Waals surface area contributed by atoms with Crippen LogP contribution in [-0.4, -0.2) is 15.3 Å². The van der Waals surface area contributed by atoms with Crippen molar-refractivity contribution in [2.45, 2.75) is 16.2 Å². The van der Waals surface area contributed by atoms with Crippen LogP contribution in [0.15, 0.2) is 273 Å². The van der Waals surface area contributed by atoms with E-state index in [9.17, 15) is 15.3 Å². The van der Waals surface area contributed by atoms with Crippen molar-refractivity contribution in [3.05, 3.63) is 340 Å². The molecule has 84 heavy (non-hydrogen) atoms. The van der Waals surface area contributed by atoms with E-state index in [2.05, 4.69) is 237 Å². The molecule has 0 bridgehead atoms. The molecular weight excluding hydrogens is 1020 g/mol. The Morgan fingerprint density at radius 2 is 0.369 bits per heavy atom. The Hall–Kier alpha value is -10.7. The van der Waals surface area contributed by atoms with Crippen LogP contribution in [0.2, 0.25) is 0 Å². The first-order valence-corrected chi connectivity index (χ1v) is 29.1.